The summed E-state index contributed by atoms with van der Waals surface area (Å²) in [7, 11) is 0. The van der Waals surface area contributed by atoms with E-state index in [9.17, 15) is 0 Å². The molecule has 1 fully saturated rings. The van der Waals surface area contributed by atoms with Gasteiger partial charge in [0.25, 0.3) is 0 Å². The van der Waals surface area contributed by atoms with Gasteiger partial charge in [-0.2, -0.15) is 0 Å². The standard InChI is InChI=1S/C12H21N3/c1-3-11(13)12-6-14-8-15(12)7-9(2)10-4-5-10/h6,8-11H,3-5,7,13H2,1-2H3/t9?,11-/m1/s1. The molecule has 0 bridgehead atoms. The zero-order valence-electron chi connectivity index (χ0n) is 9.69. The average molecular weight is 207 g/mol. The van der Waals surface area contributed by atoms with Crippen LogP contribution in [0.1, 0.15) is 44.8 Å². The van der Waals surface area contributed by atoms with Crippen molar-refractivity contribution in [3.05, 3.63) is 18.2 Å². The molecule has 0 spiro atoms. The minimum Gasteiger partial charge on any atom is -0.333 e. The Labute approximate surface area is 91.7 Å². The average Bonchev–Trinajstić information content (AvgIpc) is 2.99. The molecule has 15 heavy (non-hydrogen) atoms. The second-order valence-electron chi connectivity index (χ2n) is 4.80. The third-order valence-electron chi connectivity index (χ3n) is 3.48. The van der Waals surface area contributed by atoms with Gasteiger partial charge in [-0.05, 0) is 31.1 Å². The van der Waals surface area contributed by atoms with Crippen molar-refractivity contribution in [1.82, 2.24) is 9.55 Å². The van der Waals surface area contributed by atoms with Gasteiger partial charge < -0.3 is 10.3 Å². The number of imidazole rings is 1. The van der Waals surface area contributed by atoms with Crippen LogP contribution >= 0.6 is 0 Å². The molecule has 0 saturated heterocycles. The largest absolute Gasteiger partial charge is 0.333 e. The summed E-state index contributed by atoms with van der Waals surface area (Å²) in [5.74, 6) is 1.71. The van der Waals surface area contributed by atoms with E-state index in [0.717, 1.165) is 24.8 Å². The first-order valence-corrected chi connectivity index (χ1v) is 5.98. The van der Waals surface area contributed by atoms with Gasteiger partial charge >= 0.3 is 0 Å². The SMILES string of the molecule is CC[C@@H](N)c1cncn1CC(C)C1CC1. The maximum Gasteiger partial charge on any atom is 0.0948 e. The van der Waals surface area contributed by atoms with Gasteiger partial charge in [0.15, 0.2) is 0 Å². The molecule has 1 unspecified atom stereocenters. The van der Waals surface area contributed by atoms with Crippen molar-refractivity contribution in [3.8, 4) is 0 Å². The second-order valence-corrected chi connectivity index (χ2v) is 4.80. The van der Waals surface area contributed by atoms with E-state index in [4.69, 9.17) is 5.73 Å². The van der Waals surface area contributed by atoms with Gasteiger partial charge in [0.2, 0.25) is 0 Å². The lowest BCUT2D eigenvalue weighted by Gasteiger charge is -2.16. The molecule has 3 heteroatoms. The van der Waals surface area contributed by atoms with Crippen molar-refractivity contribution in [2.24, 2.45) is 17.6 Å². The van der Waals surface area contributed by atoms with Crippen molar-refractivity contribution >= 4 is 0 Å². The Hall–Kier alpha value is -0.830. The Morgan fingerprint density at radius 3 is 2.93 bits per heavy atom. The molecule has 1 heterocycles. The normalized spacial score (nSPS) is 20.2. The van der Waals surface area contributed by atoms with E-state index in [-0.39, 0.29) is 6.04 Å². The lowest BCUT2D eigenvalue weighted by atomic mass is 10.1. The lowest BCUT2D eigenvalue weighted by Crippen LogP contribution is -2.17. The summed E-state index contributed by atoms with van der Waals surface area (Å²) in [5.41, 5.74) is 7.23. The molecule has 1 saturated carbocycles. The highest BCUT2D eigenvalue weighted by molar-refractivity contribution is 5.04. The van der Waals surface area contributed by atoms with Gasteiger partial charge in [-0.1, -0.05) is 13.8 Å². The zero-order chi connectivity index (χ0) is 10.8. The fraction of sp³-hybridized carbons (Fsp3) is 0.750. The molecule has 1 aliphatic carbocycles. The molecular formula is C12H21N3. The number of nitrogens with two attached hydrogens (primary N) is 1. The van der Waals surface area contributed by atoms with E-state index in [0.29, 0.717) is 0 Å². The van der Waals surface area contributed by atoms with Crippen LogP contribution < -0.4 is 5.73 Å². The van der Waals surface area contributed by atoms with Crippen LogP contribution in [-0.2, 0) is 6.54 Å². The summed E-state index contributed by atoms with van der Waals surface area (Å²) >= 11 is 0. The highest BCUT2D eigenvalue weighted by Crippen LogP contribution is 2.37. The van der Waals surface area contributed by atoms with Crippen molar-refractivity contribution in [2.75, 3.05) is 0 Å². The minimum atomic E-state index is 0.138. The second kappa shape index (κ2) is 4.35. The Kier molecular flexibility index (Phi) is 3.10. The zero-order valence-corrected chi connectivity index (χ0v) is 9.69. The number of hydrogen-bond donors (Lipinski definition) is 1. The van der Waals surface area contributed by atoms with E-state index in [1.165, 1.54) is 18.5 Å². The highest BCUT2D eigenvalue weighted by atomic mass is 15.1. The molecule has 84 valence electrons. The van der Waals surface area contributed by atoms with E-state index in [2.05, 4.69) is 23.4 Å². The summed E-state index contributed by atoms with van der Waals surface area (Å²) in [4.78, 5) is 4.21. The Bertz CT molecular complexity index is 314. The Morgan fingerprint density at radius 2 is 2.33 bits per heavy atom. The first kappa shape index (κ1) is 10.7. The summed E-state index contributed by atoms with van der Waals surface area (Å²) in [6, 6.07) is 0.138. The van der Waals surface area contributed by atoms with Gasteiger partial charge in [-0.15, -0.1) is 0 Å². The number of nitrogens with zero attached hydrogens (tertiary/aromatic N) is 2. The van der Waals surface area contributed by atoms with E-state index >= 15 is 0 Å². The molecule has 0 amide bonds. The molecule has 1 aromatic heterocycles. The maximum absolute atomic E-state index is 6.05. The Balaban J connectivity index is 2.03. The molecule has 1 aromatic rings. The van der Waals surface area contributed by atoms with Crippen LogP contribution in [0.2, 0.25) is 0 Å². The maximum atomic E-state index is 6.05. The van der Waals surface area contributed by atoms with Crippen LogP contribution in [0.3, 0.4) is 0 Å². The number of hydrogen-bond acceptors (Lipinski definition) is 2. The van der Waals surface area contributed by atoms with Crippen LogP contribution in [0.25, 0.3) is 0 Å². The van der Waals surface area contributed by atoms with Crippen molar-refractivity contribution in [3.63, 3.8) is 0 Å². The van der Waals surface area contributed by atoms with Gasteiger partial charge in [0.1, 0.15) is 0 Å². The van der Waals surface area contributed by atoms with Crippen molar-refractivity contribution in [1.29, 1.82) is 0 Å². The van der Waals surface area contributed by atoms with Crippen LogP contribution in [0.4, 0.5) is 0 Å². The summed E-state index contributed by atoms with van der Waals surface area (Å²) in [5, 5.41) is 0. The van der Waals surface area contributed by atoms with Crippen molar-refractivity contribution in [2.45, 2.75) is 45.7 Å². The van der Waals surface area contributed by atoms with E-state index in [1.54, 1.807) is 0 Å². The lowest BCUT2D eigenvalue weighted by molar-refractivity contribution is 0.416. The van der Waals surface area contributed by atoms with Crippen LogP contribution in [0.15, 0.2) is 12.5 Å². The smallest absolute Gasteiger partial charge is 0.0948 e. The van der Waals surface area contributed by atoms with Crippen molar-refractivity contribution < 1.29 is 0 Å². The molecule has 2 atom stereocenters. The molecule has 0 radical (unpaired) electrons. The molecule has 2 rings (SSSR count). The van der Waals surface area contributed by atoms with Gasteiger partial charge in [0.05, 0.1) is 12.0 Å². The van der Waals surface area contributed by atoms with E-state index < -0.39 is 0 Å². The van der Waals surface area contributed by atoms with Crippen LogP contribution in [0, 0.1) is 11.8 Å². The third kappa shape index (κ3) is 2.40. The fourth-order valence-corrected chi connectivity index (χ4v) is 2.13. The first-order valence-electron chi connectivity index (χ1n) is 5.98. The topological polar surface area (TPSA) is 43.8 Å². The minimum absolute atomic E-state index is 0.138. The predicted molar refractivity (Wildman–Crippen MR) is 61.3 cm³/mol. The predicted octanol–water partition coefficient (Wildman–Crippen LogP) is 2.34. The van der Waals surface area contributed by atoms with Gasteiger partial charge in [0, 0.05) is 18.8 Å². The summed E-state index contributed by atoms with van der Waals surface area (Å²) in [6.45, 7) is 5.53. The number of aromatic nitrogens is 2. The Morgan fingerprint density at radius 1 is 1.60 bits per heavy atom. The summed E-state index contributed by atoms with van der Waals surface area (Å²) in [6.07, 6.45) is 7.62. The molecule has 2 N–H and O–H groups in total. The highest BCUT2D eigenvalue weighted by Gasteiger charge is 2.28. The molecule has 0 aromatic carbocycles. The molecular weight excluding hydrogens is 186 g/mol. The fourth-order valence-electron chi connectivity index (χ4n) is 2.13. The molecule has 3 nitrogen and oxygen atoms in total. The quantitative estimate of drug-likeness (QED) is 0.805. The third-order valence-corrected chi connectivity index (χ3v) is 3.48. The van der Waals surface area contributed by atoms with Crippen LogP contribution in [0.5, 0.6) is 0 Å². The van der Waals surface area contributed by atoms with E-state index in [1.807, 2.05) is 12.5 Å². The summed E-state index contributed by atoms with van der Waals surface area (Å²) < 4.78 is 2.23. The van der Waals surface area contributed by atoms with Gasteiger partial charge in [-0.3, -0.25) is 0 Å². The monoisotopic (exact) mass is 207 g/mol. The number of rotatable bonds is 5. The molecule has 0 aliphatic heterocycles. The first-order chi connectivity index (χ1) is 7.22. The van der Waals surface area contributed by atoms with Gasteiger partial charge in [-0.25, -0.2) is 4.98 Å². The van der Waals surface area contributed by atoms with Crippen LogP contribution in [-0.4, -0.2) is 9.55 Å². The molecule has 1 aliphatic rings.